The number of carbonyl (C=O) groups is 2. The number of hydrogen-bond acceptors (Lipinski definition) is 5. The minimum atomic E-state index is -0.621. The second-order valence-corrected chi connectivity index (χ2v) is 8.24. The summed E-state index contributed by atoms with van der Waals surface area (Å²) in [7, 11) is 1.59. The van der Waals surface area contributed by atoms with Gasteiger partial charge in [0.1, 0.15) is 5.75 Å². The number of carbonyl (C=O) groups excluding carboxylic acids is 2. The molecule has 0 saturated heterocycles. The van der Waals surface area contributed by atoms with Gasteiger partial charge in [0, 0.05) is 29.1 Å². The Morgan fingerprint density at radius 1 is 1.21 bits per heavy atom. The van der Waals surface area contributed by atoms with Gasteiger partial charge in [0.2, 0.25) is 11.8 Å². The van der Waals surface area contributed by atoms with Crippen LogP contribution < -0.4 is 21.1 Å². The Bertz CT molecular complexity index is 801. The maximum atomic E-state index is 12.5. The van der Waals surface area contributed by atoms with Gasteiger partial charge in [-0.1, -0.05) is 26.0 Å². The van der Waals surface area contributed by atoms with Crippen LogP contribution in [0.2, 0.25) is 0 Å². The fourth-order valence-corrected chi connectivity index (χ4v) is 3.55. The molecule has 0 aliphatic heterocycles. The van der Waals surface area contributed by atoms with E-state index < -0.39 is 6.04 Å². The number of benzene rings is 1. The fraction of sp³-hybridized carbons (Fsp3) is 0.364. The summed E-state index contributed by atoms with van der Waals surface area (Å²) >= 11 is 1.58. The lowest BCUT2D eigenvalue weighted by Crippen LogP contribution is -2.46. The first-order valence-corrected chi connectivity index (χ1v) is 10.5. The number of methoxy groups -OCH3 is 1. The van der Waals surface area contributed by atoms with Crippen LogP contribution in [-0.2, 0) is 16.0 Å². The molecule has 1 aromatic carbocycles. The van der Waals surface area contributed by atoms with Gasteiger partial charge < -0.3 is 21.1 Å². The molecule has 6 nitrogen and oxygen atoms in total. The lowest BCUT2D eigenvalue weighted by atomic mass is 10.0. The van der Waals surface area contributed by atoms with Crippen molar-refractivity contribution in [3.8, 4) is 5.75 Å². The van der Waals surface area contributed by atoms with E-state index in [1.165, 1.54) is 6.08 Å². The van der Waals surface area contributed by atoms with E-state index in [-0.39, 0.29) is 17.9 Å². The van der Waals surface area contributed by atoms with Crippen LogP contribution in [-0.4, -0.2) is 31.0 Å². The maximum Gasteiger partial charge on any atom is 0.248 e. The molecule has 0 radical (unpaired) electrons. The van der Waals surface area contributed by atoms with E-state index in [4.69, 9.17) is 10.5 Å². The van der Waals surface area contributed by atoms with Crippen LogP contribution >= 0.6 is 11.3 Å². The summed E-state index contributed by atoms with van der Waals surface area (Å²) in [5.41, 5.74) is 6.72. The molecule has 0 aliphatic rings. The summed E-state index contributed by atoms with van der Waals surface area (Å²) in [4.78, 5) is 25.8. The van der Waals surface area contributed by atoms with Crippen molar-refractivity contribution >= 4 is 28.8 Å². The molecular formula is C22H29N3O3S. The normalized spacial score (nSPS) is 13.3. The van der Waals surface area contributed by atoms with Crippen LogP contribution in [0.4, 0.5) is 5.69 Å². The summed E-state index contributed by atoms with van der Waals surface area (Å²) in [6.07, 6.45) is 4.38. The number of rotatable bonds is 10. The smallest absolute Gasteiger partial charge is 0.248 e. The molecule has 4 N–H and O–H groups in total. The second kappa shape index (κ2) is 11.4. The Morgan fingerprint density at radius 3 is 2.52 bits per heavy atom. The number of thiophene rings is 1. The number of hydrogen-bond donors (Lipinski definition) is 3. The molecule has 2 amide bonds. The predicted octanol–water partition coefficient (Wildman–Crippen LogP) is 3.35. The Hall–Kier alpha value is -2.64. The van der Waals surface area contributed by atoms with Crippen LogP contribution in [0, 0.1) is 5.92 Å². The van der Waals surface area contributed by atoms with E-state index in [2.05, 4.69) is 24.5 Å². The largest absolute Gasteiger partial charge is 0.497 e. The zero-order valence-corrected chi connectivity index (χ0v) is 17.9. The summed E-state index contributed by atoms with van der Waals surface area (Å²) in [5.74, 6) is 0.588. The fourth-order valence-electron chi connectivity index (χ4n) is 2.78. The van der Waals surface area contributed by atoms with Gasteiger partial charge in [0.15, 0.2) is 0 Å². The first-order valence-electron chi connectivity index (χ1n) is 9.59. The average Bonchev–Trinajstić information content (AvgIpc) is 3.19. The SMILES string of the molecule is COc1ccc(NC(=O)C=C[C@H](CC(C)C)NC(=O)[C@@H](N)Cc2cccs2)cc1. The molecule has 2 rings (SSSR count). The van der Waals surface area contributed by atoms with Gasteiger partial charge in [-0.25, -0.2) is 0 Å². The van der Waals surface area contributed by atoms with Gasteiger partial charge in [0.25, 0.3) is 0 Å². The maximum absolute atomic E-state index is 12.5. The van der Waals surface area contributed by atoms with Crippen molar-refractivity contribution in [2.24, 2.45) is 11.7 Å². The van der Waals surface area contributed by atoms with Crippen molar-refractivity contribution in [1.82, 2.24) is 5.32 Å². The molecule has 0 unspecified atom stereocenters. The van der Waals surface area contributed by atoms with E-state index in [0.717, 1.165) is 10.6 Å². The number of nitrogens with two attached hydrogens (primary N) is 1. The van der Waals surface area contributed by atoms with Crippen molar-refractivity contribution in [2.75, 3.05) is 12.4 Å². The molecule has 0 aliphatic carbocycles. The molecule has 156 valence electrons. The summed E-state index contributed by atoms with van der Waals surface area (Å²) in [6, 6.07) is 10.1. The number of anilines is 1. The summed E-state index contributed by atoms with van der Waals surface area (Å²) < 4.78 is 5.10. The van der Waals surface area contributed by atoms with Crippen LogP contribution in [0.25, 0.3) is 0 Å². The summed E-state index contributed by atoms with van der Waals surface area (Å²) in [6.45, 7) is 4.13. The molecule has 7 heteroatoms. The van der Waals surface area contributed by atoms with E-state index in [1.807, 2.05) is 17.5 Å². The number of ether oxygens (including phenoxy) is 1. The lowest BCUT2D eigenvalue weighted by Gasteiger charge is -2.20. The van der Waals surface area contributed by atoms with E-state index >= 15 is 0 Å². The highest BCUT2D eigenvalue weighted by molar-refractivity contribution is 7.09. The Morgan fingerprint density at radius 2 is 1.93 bits per heavy atom. The van der Waals surface area contributed by atoms with Crippen molar-refractivity contribution < 1.29 is 14.3 Å². The minimum Gasteiger partial charge on any atom is -0.497 e. The van der Waals surface area contributed by atoms with Gasteiger partial charge >= 0.3 is 0 Å². The number of amides is 2. The Kier molecular flexibility index (Phi) is 8.89. The molecule has 2 atom stereocenters. The third-order valence-corrected chi connectivity index (χ3v) is 5.13. The van der Waals surface area contributed by atoms with E-state index in [9.17, 15) is 9.59 Å². The topological polar surface area (TPSA) is 93.5 Å². The van der Waals surface area contributed by atoms with Crippen molar-refractivity contribution in [3.05, 3.63) is 58.8 Å². The Labute approximate surface area is 176 Å². The van der Waals surface area contributed by atoms with Gasteiger partial charge in [0.05, 0.1) is 13.2 Å². The molecular weight excluding hydrogens is 386 g/mol. The molecule has 29 heavy (non-hydrogen) atoms. The molecule has 1 aromatic heterocycles. The first-order chi connectivity index (χ1) is 13.9. The highest BCUT2D eigenvalue weighted by Gasteiger charge is 2.18. The average molecular weight is 416 g/mol. The van der Waals surface area contributed by atoms with Crippen LogP contribution in [0.3, 0.4) is 0 Å². The van der Waals surface area contributed by atoms with E-state index in [0.29, 0.717) is 24.4 Å². The molecule has 2 aromatic rings. The van der Waals surface area contributed by atoms with Gasteiger partial charge in [-0.2, -0.15) is 0 Å². The minimum absolute atomic E-state index is 0.218. The molecule has 1 heterocycles. The third kappa shape index (κ3) is 8.09. The Balaban J connectivity index is 1.93. The lowest BCUT2D eigenvalue weighted by molar-refractivity contribution is -0.122. The van der Waals surface area contributed by atoms with Crippen molar-refractivity contribution in [3.63, 3.8) is 0 Å². The van der Waals surface area contributed by atoms with Crippen molar-refractivity contribution in [1.29, 1.82) is 0 Å². The van der Waals surface area contributed by atoms with Crippen LogP contribution in [0.1, 0.15) is 25.1 Å². The predicted molar refractivity (Wildman–Crippen MR) is 118 cm³/mol. The highest BCUT2D eigenvalue weighted by Crippen LogP contribution is 2.15. The zero-order chi connectivity index (χ0) is 21.2. The standard InChI is InChI=1S/C22H29N3O3S/c1-15(2)13-17(25-22(27)20(23)14-19-5-4-12-29-19)8-11-21(26)24-16-6-9-18(28-3)10-7-16/h4-12,15,17,20H,13-14,23H2,1-3H3,(H,24,26)(H,25,27)/t17-,20+/m1/s1. The van der Waals surface area contributed by atoms with Crippen LogP contribution in [0.5, 0.6) is 5.75 Å². The van der Waals surface area contributed by atoms with Crippen molar-refractivity contribution in [2.45, 2.75) is 38.8 Å². The zero-order valence-electron chi connectivity index (χ0n) is 17.1. The monoisotopic (exact) mass is 415 g/mol. The molecule has 0 bridgehead atoms. The highest BCUT2D eigenvalue weighted by atomic mass is 32.1. The van der Waals surface area contributed by atoms with Crippen LogP contribution in [0.15, 0.2) is 53.9 Å². The molecule has 0 fully saturated rings. The molecule has 0 spiro atoms. The van der Waals surface area contributed by atoms with Gasteiger partial charge in [-0.05, 0) is 48.1 Å². The quantitative estimate of drug-likeness (QED) is 0.519. The first kappa shape index (κ1) is 22.6. The van der Waals surface area contributed by atoms with Gasteiger partial charge in [-0.15, -0.1) is 11.3 Å². The van der Waals surface area contributed by atoms with Gasteiger partial charge in [-0.3, -0.25) is 9.59 Å². The summed E-state index contributed by atoms with van der Waals surface area (Å²) in [5, 5.41) is 7.71. The second-order valence-electron chi connectivity index (χ2n) is 7.21. The molecule has 0 saturated carbocycles. The number of nitrogens with one attached hydrogen (secondary N) is 2. The van der Waals surface area contributed by atoms with E-state index in [1.54, 1.807) is 48.8 Å². The third-order valence-electron chi connectivity index (χ3n) is 4.23.